The van der Waals surface area contributed by atoms with Crippen molar-refractivity contribution in [2.45, 2.75) is 26.3 Å². The van der Waals surface area contributed by atoms with Crippen molar-refractivity contribution in [3.05, 3.63) is 30.3 Å². The van der Waals surface area contributed by atoms with E-state index in [1.54, 1.807) is 0 Å². The Kier molecular flexibility index (Phi) is 6.67. The van der Waals surface area contributed by atoms with Crippen LogP contribution >= 0.6 is 0 Å². The van der Waals surface area contributed by atoms with Crippen LogP contribution in [0.25, 0.3) is 0 Å². The van der Waals surface area contributed by atoms with Crippen molar-refractivity contribution in [3.8, 4) is 5.75 Å². The van der Waals surface area contributed by atoms with E-state index in [2.05, 4.69) is 19.2 Å². The summed E-state index contributed by atoms with van der Waals surface area (Å²) in [5.41, 5.74) is 0. The van der Waals surface area contributed by atoms with Crippen molar-refractivity contribution in [2.24, 2.45) is 5.92 Å². The largest absolute Gasteiger partial charge is 0.492 e. The van der Waals surface area contributed by atoms with Gasteiger partial charge in [0, 0.05) is 0 Å². The molecule has 0 heterocycles. The molecule has 1 aromatic rings. The van der Waals surface area contributed by atoms with Crippen LogP contribution < -0.4 is 10.1 Å². The molecule has 0 aliphatic heterocycles. The zero-order chi connectivity index (χ0) is 12.5. The summed E-state index contributed by atoms with van der Waals surface area (Å²) >= 11 is 0. The third-order valence-corrected chi connectivity index (χ3v) is 2.57. The molecule has 0 aliphatic rings. The third kappa shape index (κ3) is 6.29. The first-order chi connectivity index (χ1) is 8.22. The van der Waals surface area contributed by atoms with E-state index in [9.17, 15) is 5.11 Å². The normalized spacial score (nSPS) is 12.7. The third-order valence-electron chi connectivity index (χ3n) is 2.57. The van der Waals surface area contributed by atoms with Crippen molar-refractivity contribution in [3.63, 3.8) is 0 Å². The molecule has 0 saturated carbocycles. The predicted octanol–water partition coefficient (Wildman–Crippen LogP) is 2.06. The molecule has 0 aliphatic carbocycles. The van der Waals surface area contributed by atoms with Crippen LogP contribution in [-0.2, 0) is 0 Å². The van der Waals surface area contributed by atoms with E-state index < -0.39 is 0 Å². The first kappa shape index (κ1) is 14.0. The number of rotatable bonds is 8. The minimum atomic E-state index is 0.00829. The molecule has 0 aromatic heterocycles. The van der Waals surface area contributed by atoms with Gasteiger partial charge in [0.15, 0.2) is 0 Å². The van der Waals surface area contributed by atoms with Crippen LogP contribution in [-0.4, -0.2) is 30.9 Å². The van der Waals surface area contributed by atoms with Crippen LogP contribution in [0.2, 0.25) is 0 Å². The second-order valence-corrected chi connectivity index (χ2v) is 4.64. The van der Waals surface area contributed by atoms with Gasteiger partial charge in [-0.05, 0) is 31.0 Å². The minimum absolute atomic E-state index is 0.00829. The van der Waals surface area contributed by atoms with Gasteiger partial charge in [-0.15, -0.1) is 0 Å². The van der Waals surface area contributed by atoms with Gasteiger partial charge in [-0.25, -0.2) is 0 Å². The maximum Gasteiger partial charge on any atom is 0.119 e. The zero-order valence-electron chi connectivity index (χ0n) is 10.7. The number of benzene rings is 1. The van der Waals surface area contributed by atoms with Crippen LogP contribution in [0.1, 0.15) is 20.3 Å². The molecule has 96 valence electrons. The number of aliphatic hydroxyl groups excluding tert-OH is 1. The maximum absolute atomic E-state index is 9.23. The quantitative estimate of drug-likeness (QED) is 0.727. The second-order valence-electron chi connectivity index (χ2n) is 4.64. The number of hydrogen-bond acceptors (Lipinski definition) is 3. The van der Waals surface area contributed by atoms with Gasteiger partial charge in [0.25, 0.3) is 0 Å². The topological polar surface area (TPSA) is 41.5 Å². The lowest BCUT2D eigenvalue weighted by Crippen LogP contribution is -2.38. The Balaban J connectivity index is 2.23. The highest BCUT2D eigenvalue weighted by Crippen LogP contribution is 2.08. The summed E-state index contributed by atoms with van der Waals surface area (Å²) in [5, 5.41) is 12.5. The first-order valence-electron chi connectivity index (χ1n) is 6.24. The molecule has 0 amide bonds. The Morgan fingerprint density at radius 2 is 1.94 bits per heavy atom. The highest BCUT2D eigenvalue weighted by atomic mass is 16.5. The molecule has 0 spiro atoms. The molecule has 0 bridgehead atoms. The van der Waals surface area contributed by atoms with E-state index in [0.717, 1.165) is 18.7 Å². The van der Waals surface area contributed by atoms with E-state index in [4.69, 9.17) is 4.74 Å². The van der Waals surface area contributed by atoms with Crippen LogP contribution in [0.15, 0.2) is 30.3 Å². The van der Waals surface area contributed by atoms with Gasteiger partial charge in [-0.1, -0.05) is 32.0 Å². The Morgan fingerprint density at radius 3 is 2.53 bits per heavy atom. The lowest BCUT2D eigenvalue weighted by molar-refractivity contribution is 0.182. The molecule has 1 atom stereocenters. The molecule has 17 heavy (non-hydrogen) atoms. The number of hydrogen-bond donors (Lipinski definition) is 2. The fourth-order valence-electron chi connectivity index (χ4n) is 1.47. The van der Waals surface area contributed by atoms with E-state index in [-0.39, 0.29) is 12.6 Å². The highest BCUT2D eigenvalue weighted by Gasteiger charge is 2.07. The Bertz CT molecular complexity index is 288. The standard InChI is InChI=1S/C14H23NO2/c1-12(2)8-9-15-13(10-16)11-17-14-6-4-3-5-7-14/h3-7,12-13,15-16H,8-11H2,1-2H3. The molecular formula is C14H23NO2. The van der Waals surface area contributed by atoms with E-state index in [1.807, 2.05) is 30.3 Å². The first-order valence-corrected chi connectivity index (χ1v) is 6.24. The average Bonchev–Trinajstić information content (AvgIpc) is 2.34. The number of aliphatic hydroxyl groups is 1. The molecule has 0 radical (unpaired) electrons. The highest BCUT2D eigenvalue weighted by molar-refractivity contribution is 5.20. The molecule has 3 heteroatoms. The van der Waals surface area contributed by atoms with Crippen molar-refractivity contribution >= 4 is 0 Å². The van der Waals surface area contributed by atoms with Crippen LogP contribution in [0.4, 0.5) is 0 Å². The molecule has 3 nitrogen and oxygen atoms in total. The van der Waals surface area contributed by atoms with E-state index >= 15 is 0 Å². The van der Waals surface area contributed by atoms with Gasteiger partial charge in [0.05, 0.1) is 12.6 Å². The molecular weight excluding hydrogens is 214 g/mol. The Labute approximate surface area is 104 Å². The van der Waals surface area contributed by atoms with Gasteiger partial charge < -0.3 is 15.2 Å². The molecule has 1 unspecified atom stereocenters. The molecule has 1 aromatic carbocycles. The van der Waals surface area contributed by atoms with Crippen molar-refractivity contribution < 1.29 is 9.84 Å². The molecule has 2 N–H and O–H groups in total. The Hall–Kier alpha value is -1.06. The lowest BCUT2D eigenvalue weighted by atomic mass is 10.1. The van der Waals surface area contributed by atoms with Crippen molar-refractivity contribution in [2.75, 3.05) is 19.8 Å². The fraction of sp³-hybridized carbons (Fsp3) is 0.571. The minimum Gasteiger partial charge on any atom is -0.492 e. The van der Waals surface area contributed by atoms with Gasteiger partial charge in [-0.3, -0.25) is 0 Å². The number of para-hydroxylation sites is 1. The van der Waals surface area contributed by atoms with Gasteiger partial charge in [0.2, 0.25) is 0 Å². The summed E-state index contributed by atoms with van der Waals surface area (Å²) in [5.74, 6) is 1.52. The van der Waals surface area contributed by atoms with Crippen molar-refractivity contribution in [1.29, 1.82) is 0 Å². The van der Waals surface area contributed by atoms with Gasteiger partial charge >= 0.3 is 0 Å². The summed E-state index contributed by atoms with van der Waals surface area (Å²) in [6, 6.07) is 9.68. The predicted molar refractivity (Wildman–Crippen MR) is 70.3 cm³/mol. The molecule has 1 rings (SSSR count). The second kappa shape index (κ2) is 8.09. The van der Waals surface area contributed by atoms with Gasteiger partial charge in [-0.2, -0.15) is 0 Å². The number of nitrogens with one attached hydrogen (secondary N) is 1. The van der Waals surface area contributed by atoms with Gasteiger partial charge in [0.1, 0.15) is 12.4 Å². The molecule has 0 saturated heterocycles. The monoisotopic (exact) mass is 237 g/mol. The SMILES string of the molecule is CC(C)CCNC(CO)COc1ccccc1. The van der Waals surface area contributed by atoms with E-state index in [0.29, 0.717) is 12.5 Å². The summed E-state index contributed by atoms with van der Waals surface area (Å²) in [7, 11) is 0. The summed E-state index contributed by atoms with van der Waals surface area (Å²) in [6.45, 7) is 5.90. The van der Waals surface area contributed by atoms with Crippen molar-refractivity contribution in [1.82, 2.24) is 5.32 Å². The van der Waals surface area contributed by atoms with Crippen LogP contribution in [0.5, 0.6) is 5.75 Å². The zero-order valence-corrected chi connectivity index (χ0v) is 10.7. The number of ether oxygens (including phenoxy) is 1. The summed E-state index contributed by atoms with van der Waals surface area (Å²) < 4.78 is 5.59. The van der Waals surface area contributed by atoms with Crippen LogP contribution in [0.3, 0.4) is 0 Å². The lowest BCUT2D eigenvalue weighted by Gasteiger charge is -2.17. The smallest absolute Gasteiger partial charge is 0.119 e. The maximum atomic E-state index is 9.23. The molecule has 0 fully saturated rings. The summed E-state index contributed by atoms with van der Waals surface area (Å²) in [6.07, 6.45) is 1.11. The fourth-order valence-corrected chi connectivity index (χ4v) is 1.47. The van der Waals surface area contributed by atoms with Crippen LogP contribution in [0, 0.1) is 5.92 Å². The van der Waals surface area contributed by atoms with E-state index in [1.165, 1.54) is 0 Å². The average molecular weight is 237 g/mol. The Morgan fingerprint density at radius 1 is 1.24 bits per heavy atom. The summed E-state index contributed by atoms with van der Waals surface area (Å²) in [4.78, 5) is 0.